The van der Waals surface area contributed by atoms with Crippen molar-refractivity contribution in [1.82, 2.24) is 0 Å². The number of hydrogen-bond donors (Lipinski definition) is 0. The number of ether oxygens (including phenoxy) is 2. The molecule has 21 heavy (non-hydrogen) atoms. The summed E-state index contributed by atoms with van der Waals surface area (Å²) in [5.41, 5.74) is 0.864. The van der Waals surface area contributed by atoms with Crippen LogP contribution < -0.4 is 9.47 Å². The fourth-order valence-electron chi connectivity index (χ4n) is 1.76. The van der Waals surface area contributed by atoms with Gasteiger partial charge in [0.1, 0.15) is 0 Å². The summed E-state index contributed by atoms with van der Waals surface area (Å²) < 4.78 is 10.6. The van der Waals surface area contributed by atoms with Crippen LogP contribution in [0.15, 0.2) is 42.5 Å². The Morgan fingerprint density at radius 3 is 2.67 bits per heavy atom. The molecule has 2 aromatic carbocycles. The lowest BCUT2D eigenvalue weighted by Gasteiger charge is -2.10. The molecule has 0 aliphatic heterocycles. The minimum absolute atomic E-state index is 0.161. The Morgan fingerprint density at radius 2 is 2.00 bits per heavy atom. The summed E-state index contributed by atoms with van der Waals surface area (Å²) in [5.74, 6) is 0.574. The zero-order chi connectivity index (χ0) is 15.2. The normalized spacial score (nSPS) is 9.76. The van der Waals surface area contributed by atoms with Gasteiger partial charge in [-0.2, -0.15) is 5.26 Å². The average Bonchev–Trinajstić information content (AvgIpc) is 2.52. The molecule has 0 aliphatic carbocycles. The van der Waals surface area contributed by atoms with E-state index in [1.165, 1.54) is 7.11 Å². The van der Waals surface area contributed by atoms with Gasteiger partial charge < -0.3 is 9.47 Å². The molecule has 106 valence electrons. The first-order valence-corrected chi connectivity index (χ1v) is 6.52. The van der Waals surface area contributed by atoms with Gasteiger partial charge >= 0.3 is 0 Å². The van der Waals surface area contributed by atoms with Crippen molar-refractivity contribution in [2.45, 2.75) is 0 Å². The Hall–Kier alpha value is -2.51. The van der Waals surface area contributed by atoms with Crippen LogP contribution in [0, 0.1) is 11.3 Å². The van der Waals surface area contributed by atoms with Gasteiger partial charge in [0.05, 0.1) is 23.8 Å². The van der Waals surface area contributed by atoms with Crippen LogP contribution in [-0.2, 0) is 0 Å². The number of benzene rings is 2. The lowest BCUT2D eigenvalue weighted by atomic mass is 10.1. The first kappa shape index (κ1) is 14.9. The molecule has 0 unspecified atom stereocenters. The van der Waals surface area contributed by atoms with Gasteiger partial charge in [0.15, 0.2) is 18.1 Å². The first-order chi connectivity index (χ1) is 10.2. The Morgan fingerprint density at radius 1 is 1.24 bits per heavy atom. The van der Waals surface area contributed by atoms with Crippen molar-refractivity contribution in [1.29, 1.82) is 5.26 Å². The number of rotatable bonds is 5. The summed E-state index contributed by atoms with van der Waals surface area (Å²) in [6.07, 6.45) is 0. The van der Waals surface area contributed by atoms with E-state index >= 15 is 0 Å². The highest BCUT2D eigenvalue weighted by Crippen LogP contribution is 2.28. The second-order valence-electron chi connectivity index (χ2n) is 4.17. The molecule has 0 aromatic heterocycles. The van der Waals surface area contributed by atoms with Gasteiger partial charge in [0.2, 0.25) is 5.78 Å². The van der Waals surface area contributed by atoms with Crippen LogP contribution in [0.2, 0.25) is 5.02 Å². The zero-order valence-electron chi connectivity index (χ0n) is 11.3. The number of nitrogens with zero attached hydrogens (tertiary/aromatic N) is 1. The fraction of sp³-hybridized carbons (Fsp3) is 0.125. The van der Waals surface area contributed by atoms with Gasteiger partial charge in [-0.3, -0.25) is 4.79 Å². The van der Waals surface area contributed by atoms with Crippen molar-refractivity contribution >= 4 is 17.4 Å². The second kappa shape index (κ2) is 6.78. The predicted octanol–water partition coefficient (Wildman–Crippen LogP) is 3.48. The third-order valence-electron chi connectivity index (χ3n) is 2.83. The van der Waals surface area contributed by atoms with Crippen LogP contribution in [0.4, 0.5) is 0 Å². The van der Waals surface area contributed by atoms with Crippen molar-refractivity contribution in [3.05, 3.63) is 58.6 Å². The van der Waals surface area contributed by atoms with Crippen molar-refractivity contribution in [3.63, 3.8) is 0 Å². The molecule has 2 rings (SSSR count). The highest BCUT2D eigenvalue weighted by Gasteiger charge is 2.12. The number of methoxy groups -OCH3 is 1. The van der Waals surface area contributed by atoms with E-state index in [0.29, 0.717) is 27.6 Å². The lowest BCUT2D eigenvalue weighted by Crippen LogP contribution is -2.12. The third-order valence-corrected chi connectivity index (χ3v) is 3.16. The molecule has 0 atom stereocenters. The van der Waals surface area contributed by atoms with E-state index < -0.39 is 0 Å². The van der Waals surface area contributed by atoms with Gasteiger partial charge in [-0.05, 0) is 24.3 Å². The number of halogens is 1. The maximum absolute atomic E-state index is 12.1. The summed E-state index contributed by atoms with van der Waals surface area (Å²) in [4.78, 5) is 12.1. The fourth-order valence-corrected chi connectivity index (χ4v) is 2.01. The van der Waals surface area contributed by atoms with Crippen molar-refractivity contribution in [2.75, 3.05) is 13.7 Å². The van der Waals surface area contributed by atoms with Gasteiger partial charge in [-0.15, -0.1) is 0 Å². The molecular formula is C16H12ClNO3. The Balaban J connectivity index is 2.12. The number of carbonyl (C=O) groups is 1. The van der Waals surface area contributed by atoms with E-state index in [0.717, 1.165) is 0 Å². The van der Waals surface area contributed by atoms with Crippen LogP contribution in [0.1, 0.15) is 15.9 Å². The smallest absolute Gasteiger partial charge is 0.201 e. The molecule has 4 nitrogen and oxygen atoms in total. The maximum Gasteiger partial charge on any atom is 0.201 e. The highest BCUT2D eigenvalue weighted by molar-refractivity contribution is 6.34. The van der Waals surface area contributed by atoms with E-state index in [1.54, 1.807) is 42.5 Å². The third kappa shape index (κ3) is 3.53. The lowest BCUT2D eigenvalue weighted by molar-refractivity contribution is 0.0919. The summed E-state index contributed by atoms with van der Waals surface area (Å²) in [7, 11) is 1.47. The Kier molecular flexibility index (Phi) is 4.81. The average molecular weight is 302 g/mol. The topological polar surface area (TPSA) is 59.3 Å². The molecular weight excluding hydrogens is 290 g/mol. The summed E-state index contributed by atoms with van der Waals surface area (Å²) in [6, 6.07) is 13.5. The molecule has 0 amide bonds. The van der Waals surface area contributed by atoms with Gasteiger partial charge in [-0.25, -0.2) is 0 Å². The van der Waals surface area contributed by atoms with E-state index in [-0.39, 0.29) is 12.4 Å². The van der Waals surface area contributed by atoms with Crippen LogP contribution in [0.5, 0.6) is 11.5 Å². The van der Waals surface area contributed by atoms with Crippen LogP contribution in [-0.4, -0.2) is 19.5 Å². The molecule has 0 saturated carbocycles. The summed E-state index contributed by atoms with van der Waals surface area (Å²) >= 11 is 5.96. The van der Waals surface area contributed by atoms with Gasteiger partial charge in [0.25, 0.3) is 0 Å². The molecule has 0 radical (unpaired) electrons. The Labute approximate surface area is 127 Å². The first-order valence-electron chi connectivity index (χ1n) is 6.14. The van der Waals surface area contributed by atoms with E-state index in [1.807, 2.05) is 6.07 Å². The zero-order valence-corrected chi connectivity index (χ0v) is 12.1. The van der Waals surface area contributed by atoms with E-state index in [2.05, 4.69) is 0 Å². The van der Waals surface area contributed by atoms with Crippen LogP contribution >= 0.6 is 11.6 Å². The van der Waals surface area contributed by atoms with Crippen molar-refractivity contribution < 1.29 is 14.3 Å². The second-order valence-corrected chi connectivity index (χ2v) is 4.58. The quantitative estimate of drug-likeness (QED) is 0.793. The standard InChI is InChI=1S/C16H12ClNO3/c1-20-16-8-11(9-18)6-7-15(16)21-10-14(19)12-4-2-3-5-13(12)17/h2-8H,10H2,1H3. The van der Waals surface area contributed by atoms with Crippen LogP contribution in [0.3, 0.4) is 0 Å². The van der Waals surface area contributed by atoms with Crippen molar-refractivity contribution in [3.8, 4) is 17.6 Å². The van der Waals surface area contributed by atoms with E-state index in [9.17, 15) is 4.79 Å². The number of carbonyl (C=O) groups excluding carboxylic acids is 1. The summed E-state index contributed by atoms with van der Waals surface area (Å²) in [6.45, 7) is -0.161. The minimum atomic E-state index is -0.230. The molecule has 5 heteroatoms. The molecule has 2 aromatic rings. The summed E-state index contributed by atoms with van der Waals surface area (Å²) in [5, 5.41) is 9.22. The number of nitriles is 1. The number of Topliss-reactive ketones (excluding diaryl/α,β-unsaturated/α-hetero) is 1. The molecule has 0 bridgehead atoms. The number of hydrogen-bond acceptors (Lipinski definition) is 4. The maximum atomic E-state index is 12.1. The number of ketones is 1. The molecule has 0 N–H and O–H groups in total. The molecule has 0 heterocycles. The van der Waals surface area contributed by atoms with Gasteiger partial charge in [-0.1, -0.05) is 23.7 Å². The van der Waals surface area contributed by atoms with E-state index in [4.69, 9.17) is 26.3 Å². The predicted molar refractivity (Wildman–Crippen MR) is 79.0 cm³/mol. The SMILES string of the molecule is COc1cc(C#N)ccc1OCC(=O)c1ccccc1Cl. The monoisotopic (exact) mass is 301 g/mol. The largest absolute Gasteiger partial charge is 0.493 e. The molecule has 0 saturated heterocycles. The van der Waals surface area contributed by atoms with Gasteiger partial charge in [0, 0.05) is 11.6 Å². The molecule has 0 aliphatic rings. The molecule has 0 fully saturated rings. The highest BCUT2D eigenvalue weighted by atomic mass is 35.5. The minimum Gasteiger partial charge on any atom is -0.493 e. The Bertz CT molecular complexity index is 707. The van der Waals surface area contributed by atoms with Crippen molar-refractivity contribution in [2.24, 2.45) is 0 Å². The van der Waals surface area contributed by atoms with Crippen LogP contribution in [0.25, 0.3) is 0 Å². The molecule has 0 spiro atoms.